The molecule has 0 amide bonds. The molecular weight excluding hydrogens is 290 g/mol. The highest BCUT2D eigenvalue weighted by molar-refractivity contribution is 5.97. The fourth-order valence-corrected chi connectivity index (χ4v) is 2.67. The summed E-state index contributed by atoms with van der Waals surface area (Å²) in [6, 6.07) is 13.3. The number of furan rings is 1. The molecule has 0 saturated heterocycles. The van der Waals surface area contributed by atoms with Crippen molar-refractivity contribution in [3.05, 3.63) is 59.4 Å². The van der Waals surface area contributed by atoms with Crippen molar-refractivity contribution in [3.63, 3.8) is 0 Å². The van der Waals surface area contributed by atoms with E-state index in [1.807, 2.05) is 50.2 Å². The number of nitrogens with zero attached hydrogens (tertiary/aromatic N) is 3. The summed E-state index contributed by atoms with van der Waals surface area (Å²) in [7, 11) is 0. The van der Waals surface area contributed by atoms with Crippen molar-refractivity contribution in [2.75, 3.05) is 0 Å². The highest BCUT2D eigenvalue weighted by Crippen LogP contribution is 2.21. The molecule has 0 aliphatic rings. The van der Waals surface area contributed by atoms with Gasteiger partial charge in [0.05, 0.1) is 5.52 Å². The highest BCUT2D eigenvalue weighted by Gasteiger charge is 2.15. The predicted octanol–water partition coefficient (Wildman–Crippen LogP) is 3.68. The van der Waals surface area contributed by atoms with E-state index in [4.69, 9.17) is 4.42 Å². The van der Waals surface area contributed by atoms with Crippen LogP contribution in [0, 0.1) is 13.8 Å². The van der Waals surface area contributed by atoms with Crippen molar-refractivity contribution in [2.45, 2.75) is 20.4 Å². The third kappa shape index (κ3) is 2.30. The van der Waals surface area contributed by atoms with Crippen LogP contribution < -0.4 is 0 Å². The molecular formula is C18H15N3O2. The zero-order valence-corrected chi connectivity index (χ0v) is 12.9. The topological polar surface area (TPSA) is 60.9 Å². The van der Waals surface area contributed by atoms with Crippen LogP contribution in [0.15, 0.2) is 46.9 Å². The van der Waals surface area contributed by atoms with Gasteiger partial charge in [0, 0.05) is 5.39 Å². The highest BCUT2D eigenvalue weighted by atomic mass is 16.3. The van der Waals surface area contributed by atoms with Crippen molar-refractivity contribution in [3.8, 4) is 0 Å². The first kappa shape index (κ1) is 13.7. The van der Waals surface area contributed by atoms with Gasteiger partial charge in [-0.25, -0.2) is 4.68 Å². The summed E-state index contributed by atoms with van der Waals surface area (Å²) < 4.78 is 7.24. The molecule has 0 saturated carbocycles. The quantitative estimate of drug-likeness (QED) is 0.542. The van der Waals surface area contributed by atoms with Crippen LogP contribution in [-0.2, 0) is 6.54 Å². The molecule has 0 N–H and O–H groups in total. The van der Waals surface area contributed by atoms with E-state index in [-0.39, 0.29) is 12.3 Å². The minimum Gasteiger partial charge on any atom is -0.453 e. The van der Waals surface area contributed by atoms with Gasteiger partial charge in [-0.15, -0.1) is 5.10 Å². The molecule has 4 aromatic rings. The van der Waals surface area contributed by atoms with E-state index in [1.54, 1.807) is 10.7 Å². The summed E-state index contributed by atoms with van der Waals surface area (Å²) >= 11 is 0. The maximum atomic E-state index is 12.5. The molecule has 0 bridgehead atoms. The predicted molar refractivity (Wildman–Crippen MR) is 87.5 cm³/mol. The lowest BCUT2D eigenvalue weighted by Crippen LogP contribution is -2.11. The molecule has 2 aromatic heterocycles. The molecule has 114 valence electrons. The fraction of sp³-hybridized carbons (Fsp3) is 0.167. The second kappa shape index (κ2) is 5.05. The normalized spacial score (nSPS) is 11.4. The first-order valence-corrected chi connectivity index (χ1v) is 7.44. The summed E-state index contributed by atoms with van der Waals surface area (Å²) in [5.74, 6) is 0.227. The van der Waals surface area contributed by atoms with Crippen LogP contribution in [0.3, 0.4) is 0 Å². The van der Waals surface area contributed by atoms with E-state index < -0.39 is 0 Å². The Morgan fingerprint density at radius 3 is 2.74 bits per heavy atom. The smallest absolute Gasteiger partial charge is 0.219 e. The van der Waals surface area contributed by atoms with Gasteiger partial charge in [-0.05, 0) is 49.2 Å². The average molecular weight is 305 g/mol. The number of fused-ring (bicyclic) bond motifs is 2. The number of para-hydroxylation sites is 1. The third-order valence-electron chi connectivity index (χ3n) is 4.12. The van der Waals surface area contributed by atoms with Crippen LogP contribution in [-0.4, -0.2) is 20.8 Å². The van der Waals surface area contributed by atoms with Gasteiger partial charge in [-0.2, -0.15) is 0 Å². The Kier molecular flexibility index (Phi) is 3.01. The number of aromatic nitrogens is 3. The van der Waals surface area contributed by atoms with Gasteiger partial charge in [-0.3, -0.25) is 4.79 Å². The molecule has 0 fully saturated rings. The van der Waals surface area contributed by atoms with Gasteiger partial charge >= 0.3 is 0 Å². The van der Waals surface area contributed by atoms with Gasteiger partial charge in [0.1, 0.15) is 17.6 Å². The Labute approximate surface area is 132 Å². The Balaban J connectivity index is 1.69. The largest absolute Gasteiger partial charge is 0.453 e. The van der Waals surface area contributed by atoms with Gasteiger partial charge in [0.25, 0.3) is 0 Å². The Morgan fingerprint density at radius 1 is 1.13 bits per heavy atom. The van der Waals surface area contributed by atoms with Crippen molar-refractivity contribution >= 4 is 27.8 Å². The van der Waals surface area contributed by atoms with E-state index in [9.17, 15) is 4.79 Å². The molecule has 2 heterocycles. The van der Waals surface area contributed by atoms with Crippen LogP contribution in [0.4, 0.5) is 0 Å². The summed E-state index contributed by atoms with van der Waals surface area (Å²) in [5.41, 5.74) is 4.68. The van der Waals surface area contributed by atoms with Crippen LogP contribution in [0.25, 0.3) is 22.0 Å². The molecule has 5 nitrogen and oxygen atoms in total. The minimum absolute atomic E-state index is 0.110. The second-order valence-corrected chi connectivity index (χ2v) is 5.74. The van der Waals surface area contributed by atoms with Gasteiger partial charge in [0.15, 0.2) is 5.76 Å². The third-order valence-corrected chi connectivity index (χ3v) is 4.12. The Morgan fingerprint density at radius 2 is 1.91 bits per heavy atom. The minimum atomic E-state index is -0.119. The van der Waals surface area contributed by atoms with Crippen LogP contribution in [0.5, 0.6) is 0 Å². The second-order valence-electron chi connectivity index (χ2n) is 5.74. The molecule has 0 aliphatic heterocycles. The summed E-state index contributed by atoms with van der Waals surface area (Å²) in [6.07, 6.45) is 0. The standard InChI is InChI=1S/C18H15N3O2/c1-11-7-14-15(8-12(11)2)21(20-19-14)10-16(22)18-9-13-5-3-4-6-17(13)23-18/h3-9H,10H2,1-2H3. The number of hydrogen-bond donors (Lipinski definition) is 0. The monoisotopic (exact) mass is 305 g/mol. The Hall–Kier alpha value is -2.95. The van der Waals surface area contributed by atoms with Crippen LogP contribution >= 0.6 is 0 Å². The molecule has 5 heteroatoms. The van der Waals surface area contributed by atoms with Crippen molar-refractivity contribution < 1.29 is 9.21 Å². The van der Waals surface area contributed by atoms with Gasteiger partial charge in [0.2, 0.25) is 5.78 Å². The Bertz CT molecular complexity index is 1010. The fourth-order valence-electron chi connectivity index (χ4n) is 2.67. The van der Waals surface area contributed by atoms with Gasteiger partial charge < -0.3 is 4.42 Å². The molecule has 23 heavy (non-hydrogen) atoms. The van der Waals surface area contributed by atoms with Crippen molar-refractivity contribution in [1.29, 1.82) is 0 Å². The lowest BCUT2D eigenvalue weighted by molar-refractivity contribution is 0.0943. The molecule has 0 aliphatic carbocycles. The molecule has 0 radical (unpaired) electrons. The summed E-state index contributed by atoms with van der Waals surface area (Å²) in [6.45, 7) is 4.18. The SMILES string of the molecule is Cc1cc2nnn(CC(=O)c3cc4ccccc4o3)c2cc1C. The van der Waals surface area contributed by atoms with E-state index >= 15 is 0 Å². The number of rotatable bonds is 3. The number of benzene rings is 2. The van der Waals surface area contributed by atoms with Crippen LogP contribution in [0.1, 0.15) is 21.7 Å². The first-order chi connectivity index (χ1) is 11.1. The van der Waals surface area contributed by atoms with E-state index in [0.29, 0.717) is 11.3 Å². The number of hydrogen-bond acceptors (Lipinski definition) is 4. The van der Waals surface area contributed by atoms with E-state index in [1.165, 1.54) is 0 Å². The summed E-state index contributed by atoms with van der Waals surface area (Å²) in [4.78, 5) is 12.5. The molecule has 0 atom stereocenters. The number of ketones is 1. The maximum Gasteiger partial charge on any atom is 0.219 e. The molecule has 4 rings (SSSR count). The number of aryl methyl sites for hydroxylation is 2. The molecule has 2 aromatic carbocycles. The lowest BCUT2D eigenvalue weighted by Gasteiger charge is -2.02. The molecule has 0 spiro atoms. The average Bonchev–Trinajstić information content (AvgIpc) is 3.13. The number of Topliss-reactive ketones (excluding diaryl/α,β-unsaturated/α-hetero) is 1. The van der Waals surface area contributed by atoms with Gasteiger partial charge in [-0.1, -0.05) is 23.4 Å². The zero-order chi connectivity index (χ0) is 16.0. The number of carbonyl (C=O) groups excluding carboxylic acids is 1. The van der Waals surface area contributed by atoms with E-state index in [0.717, 1.165) is 27.5 Å². The first-order valence-electron chi connectivity index (χ1n) is 7.44. The van der Waals surface area contributed by atoms with Crippen LogP contribution in [0.2, 0.25) is 0 Å². The van der Waals surface area contributed by atoms with Crippen molar-refractivity contribution in [1.82, 2.24) is 15.0 Å². The van der Waals surface area contributed by atoms with E-state index in [2.05, 4.69) is 10.3 Å². The van der Waals surface area contributed by atoms with Crippen molar-refractivity contribution in [2.24, 2.45) is 0 Å². The summed E-state index contributed by atoms with van der Waals surface area (Å²) in [5, 5.41) is 9.16. The number of carbonyl (C=O) groups is 1. The maximum absolute atomic E-state index is 12.5. The molecule has 0 unspecified atom stereocenters. The lowest BCUT2D eigenvalue weighted by atomic mass is 10.1. The zero-order valence-electron chi connectivity index (χ0n) is 12.9.